The van der Waals surface area contributed by atoms with E-state index in [1.54, 1.807) is 18.3 Å². The number of esters is 1. The van der Waals surface area contributed by atoms with Crippen LogP contribution in [0.15, 0.2) is 52.5 Å². The van der Waals surface area contributed by atoms with E-state index in [2.05, 4.69) is 15.3 Å². The number of benzene rings is 1. The van der Waals surface area contributed by atoms with Crippen LogP contribution in [0.2, 0.25) is 0 Å². The predicted molar refractivity (Wildman–Crippen MR) is 76.3 cm³/mol. The van der Waals surface area contributed by atoms with Crippen molar-refractivity contribution < 1.29 is 13.9 Å². The number of aromatic nitrogens is 3. The lowest BCUT2D eigenvalue weighted by Gasteiger charge is -1.99. The van der Waals surface area contributed by atoms with Crippen LogP contribution in [0.1, 0.15) is 21.7 Å². The molecule has 108 valence electrons. The molecule has 4 rings (SSSR count). The van der Waals surface area contributed by atoms with E-state index in [-0.39, 0.29) is 5.97 Å². The Kier molecular flexibility index (Phi) is 2.82. The number of furan rings is 1. The van der Waals surface area contributed by atoms with Gasteiger partial charge in [-0.2, -0.15) is 5.10 Å². The molecule has 22 heavy (non-hydrogen) atoms. The van der Waals surface area contributed by atoms with E-state index in [1.807, 2.05) is 18.2 Å². The first-order valence-corrected chi connectivity index (χ1v) is 6.59. The zero-order chi connectivity index (χ0) is 14.9. The Labute approximate surface area is 124 Å². The van der Waals surface area contributed by atoms with Gasteiger partial charge in [0.15, 0.2) is 0 Å². The maximum Gasteiger partial charge on any atom is 0.338 e. The molecule has 0 amide bonds. The second-order valence-corrected chi connectivity index (χ2v) is 4.74. The standard InChI is InChI=1S/C15H10N4O3/c20-15-13-5-10(1-2-11(13)7-21-15)14-4-3-12(22-14)6-18-19-8-16-17-9-19/h1-6,8-9H,7H2. The van der Waals surface area contributed by atoms with Crippen LogP contribution in [0.4, 0.5) is 0 Å². The lowest BCUT2D eigenvalue weighted by molar-refractivity contribution is 0.0535. The van der Waals surface area contributed by atoms with Gasteiger partial charge in [-0.15, -0.1) is 10.2 Å². The molecule has 1 aliphatic rings. The number of hydrogen-bond donors (Lipinski definition) is 0. The molecule has 2 aromatic heterocycles. The van der Waals surface area contributed by atoms with E-state index in [4.69, 9.17) is 9.15 Å². The summed E-state index contributed by atoms with van der Waals surface area (Å²) in [5.74, 6) is 0.956. The first kappa shape index (κ1) is 12.5. The molecule has 0 atom stereocenters. The maximum absolute atomic E-state index is 11.6. The van der Waals surface area contributed by atoms with E-state index in [9.17, 15) is 4.79 Å². The fourth-order valence-corrected chi connectivity index (χ4v) is 2.22. The molecule has 0 N–H and O–H groups in total. The van der Waals surface area contributed by atoms with Gasteiger partial charge in [0.1, 0.15) is 30.8 Å². The van der Waals surface area contributed by atoms with Crippen LogP contribution in [0, 0.1) is 0 Å². The summed E-state index contributed by atoms with van der Waals surface area (Å²) >= 11 is 0. The van der Waals surface area contributed by atoms with Gasteiger partial charge < -0.3 is 9.15 Å². The fourth-order valence-electron chi connectivity index (χ4n) is 2.22. The van der Waals surface area contributed by atoms with Crippen LogP contribution in [0.5, 0.6) is 0 Å². The molecule has 1 aliphatic heterocycles. The largest absolute Gasteiger partial charge is 0.457 e. The van der Waals surface area contributed by atoms with Crippen LogP contribution in [-0.2, 0) is 11.3 Å². The number of carbonyl (C=O) groups excluding carboxylic acids is 1. The summed E-state index contributed by atoms with van der Waals surface area (Å²) in [6, 6.07) is 9.19. The molecule has 0 aliphatic carbocycles. The molecule has 0 saturated heterocycles. The molecule has 3 heterocycles. The molecule has 7 heteroatoms. The van der Waals surface area contributed by atoms with Gasteiger partial charge in [0.05, 0.1) is 11.8 Å². The highest BCUT2D eigenvalue weighted by Gasteiger charge is 2.21. The summed E-state index contributed by atoms with van der Waals surface area (Å²) in [5.41, 5.74) is 2.31. The SMILES string of the molecule is O=C1OCc2ccc(-c3ccc(C=Nn4cnnc4)o3)cc21. The molecule has 0 radical (unpaired) electrons. The minimum absolute atomic E-state index is 0.294. The summed E-state index contributed by atoms with van der Waals surface area (Å²) < 4.78 is 12.2. The van der Waals surface area contributed by atoms with Crippen LogP contribution in [0.3, 0.4) is 0 Å². The van der Waals surface area contributed by atoms with Gasteiger partial charge in [0, 0.05) is 11.1 Å². The highest BCUT2D eigenvalue weighted by atomic mass is 16.5. The summed E-state index contributed by atoms with van der Waals surface area (Å²) in [6.07, 6.45) is 4.52. The van der Waals surface area contributed by atoms with Gasteiger partial charge in [-0.3, -0.25) is 0 Å². The molecular formula is C15H10N4O3. The molecule has 1 aromatic carbocycles. The minimum Gasteiger partial charge on any atom is -0.457 e. The van der Waals surface area contributed by atoms with Crippen molar-refractivity contribution in [2.75, 3.05) is 0 Å². The van der Waals surface area contributed by atoms with Crippen molar-refractivity contribution in [1.29, 1.82) is 0 Å². The molecular weight excluding hydrogens is 284 g/mol. The Morgan fingerprint density at radius 1 is 1.18 bits per heavy atom. The Balaban J connectivity index is 1.62. The molecule has 0 spiro atoms. The summed E-state index contributed by atoms with van der Waals surface area (Å²) in [7, 11) is 0. The summed E-state index contributed by atoms with van der Waals surface area (Å²) in [4.78, 5) is 11.6. The van der Waals surface area contributed by atoms with E-state index in [0.29, 0.717) is 23.7 Å². The van der Waals surface area contributed by atoms with Crippen LogP contribution < -0.4 is 0 Å². The number of cyclic esters (lactones) is 1. The number of ether oxygens (including phenoxy) is 1. The zero-order valence-electron chi connectivity index (χ0n) is 11.3. The Morgan fingerprint density at radius 2 is 2.05 bits per heavy atom. The number of rotatable bonds is 3. The zero-order valence-corrected chi connectivity index (χ0v) is 11.3. The van der Waals surface area contributed by atoms with Gasteiger partial charge in [0.25, 0.3) is 0 Å². The quantitative estimate of drug-likeness (QED) is 0.545. The first-order valence-electron chi connectivity index (χ1n) is 6.59. The van der Waals surface area contributed by atoms with E-state index in [1.165, 1.54) is 17.3 Å². The van der Waals surface area contributed by atoms with Crippen molar-refractivity contribution in [3.8, 4) is 11.3 Å². The number of fused-ring (bicyclic) bond motifs is 1. The average molecular weight is 294 g/mol. The van der Waals surface area contributed by atoms with Gasteiger partial charge in [-0.05, 0) is 18.2 Å². The summed E-state index contributed by atoms with van der Waals surface area (Å²) in [5, 5.41) is 11.4. The van der Waals surface area contributed by atoms with Crippen molar-refractivity contribution in [2.45, 2.75) is 6.61 Å². The van der Waals surface area contributed by atoms with Crippen LogP contribution in [0.25, 0.3) is 11.3 Å². The molecule has 0 bridgehead atoms. The molecule has 3 aromatic rings. The van der Waals surface area contributed by atoms with Gasteiger partial charge in [-0.25, -0.2) is 9.47 Å². The number of carbonyl (C=O) groups is 1. The highest BCUT2D eigenvalue weighted by Crippen LogP contribution is 2.27. The molecule has 7 nitrogen and oxygen atoms in total. The lowest BCUT2D eigenvalue weighted by atomic mass is 10.0. The monoisotopic (exact) mass is 294 g/mol. The van der Waals surface area contributed by atoms with Crippen molar-refractivity contribution in [3.63, 3.8) is 0 Å². The van der Waals surface area contributed by atoms with Gasteiger partial charge in [-0.1, -0.05) is 12.1 Å². The lowest BCUT2D eigenvalue weighted by Crippen LogP contribution is -1.93. The van der Waals surface area contributed by atoms with Crippen LogP contribution in [-0.4, -0.2) is 27.1 Å². The Morgan fingerprint density at radius 3 is 2.91 bits per heavy atom. The third-order valence-corrected chi connectivity index (χ3v) is 3.32. The van der Waals surface area contributed by atoms with Crippen molar-refractivity contribution in [2.24, 2.45) is 5.10 Å². The van der Waals surface area contributed by atoms with Gasteiger partial charge in [0.2, 0.25) is 0 Å². The third kappa shape index (κ3) is 2.18. The molecule has 0 saturated carbocycles. The average Bonchev–Trinajstić information content (AvgIpc) is 3.26. The number of hydrogen-bond acceptors (Lipinski definition) is 6. The smallest absolute Gasteiger partial charge is 0.338 e. The van der Waals surface area contributed by atoms with E-state index in [0.717, 1.165) is 11.1 Å². The Hall–Kier alpha value is -3.22. The second kappa shape index (κ2) is 4.96. The highest BCUT2D eigenvalue weighted by molar-refractivity contribution is 5.94. The van der Waals surface area contributed by atoms with Gasteiger partial charge >= 0.3 is 5.97 Å². The van der Waals surface area contributed by atoms with Crippen molar-refractivity contribution >= 4 is 12.2 Å². The summed E-state index contributed by atoms with van der Waals surface area (Å²) in [6.45, 7) is 0.337. The normalized spacial score (nSPS) is 13.5. The molecule has 0 fully saturated rings. The number of nitrogens with zero attached hydrogens (tertiary/aromatic N) is 4. The van der Waals surface area contributed by atoms with Crippen molar-refractivity contribution in [3.05, 3.63) is 59.9 Å². The topological polar surface area (TPSA) is 82.5 Å². The van der Waals surface area contributed by atoms with Crippen LogP contribution >= 0.6 is 0 Å². The first-order chi connectivity index (χ1) is 10.8. The molecule has 0 unspecified atom stereocenters. The second-order valence-electron chi connectivity index (χ2n) is 4.74. The predicted octanol–water partition coefficient (Wildman–Crippen LogP) is 2.09. The van der Waals surface area contributed by atoms with E-state index >= 15 is 0 Å². The fraction of sp³-hybridized carbons (Fsp3) is 0.0667. The Bertz CT molecular complexity index is 865. The van der Waals surface area contributed by atoms with Crippen molar-refractivity contribution in [1.82, 2.24) is 14.9 Å². The maximum atomic E-state index is 11.6. The third-order valence-electron chi connectivity index (χ3n) is 3.32. The van der Waals surface area contributed by atoms with E-state index < -0.39 is 0 Å². The minimum atomic E-state index is -0.294.